The Balaban J connectivity index is 1.60. The summed E-state index contributed by atoms with van der Waals surface area (Å²) in [5.74, 6) is 0.980. The zero-order valence-corrected chi connectivity index (χ0v) is 16.8. The molecule has 0 saturated carbocycles. The van der Waals surface area contributed by atoms with Crippen LogP contribution in [0.4, 0.5) is 0 Å². The third kappa shape index (κ3) is 5.35. The summed E-state index contributed by atoms with van der Waals surface area (Å²) < 4.78 is 15.9. The molecule has 0 unspecified atom stereocenters. The van der Waals surface area contributed by atoms with Crippen LogP contribution in [0.15, 0.2) is 70.2 Å². The van der Waals surface area contributed by atoms with Crippen LogP contribution in [0.5, 0.6) is 5.75 Å². The summed E-state index contributed by atoms with van der Waals surface area (Å²) >= 11 is 0. The lowest BCUT2D eigenvalue weighted by Crippen LogP contribution is -2.17. The Morgan fingerprint density at radius 3 is 2.60 bits per heavy atom. The van der Waals surface area contributed by atoms with E-state index in [-0.39, 0.29) is 5.91 Å². The molecule has 0 aliphatic heterocycles. The van der Waals surface area contributed by atoms with Gasteiger partial charge in [0.25, 0.3) is 5.91 Å². The van der Waals surface area contributed by atoms with Gasteiger partial charge in [0, 0.05) is 11.1 Å². The lowest BCUT2D eigenvalue weighted by Gasteiger charge is -2.05. The van der Waals surface area contributed by atoms with Gasteiger partial charge in [0.05, 0.1) is 25.5 Å². The highest BCUT2D eigenvalue weighted by molar-refractivity contribution is 5.95. The topological polar surface area (TPSA) is 90.1 Å². The van der Waals surface area contributed by atoms with Crippen molar-refractivity contribution < 1.29 is 23.5 Å². The lowest BCUT2D eigenvalue weighted by atomic mass is 10.1. The van der Waals surface area contributed by atoms with E-state index in [1.165, 1.54) is 13.3 Å². The van der Waals surface area contributed by atoms with Crippen molar-refractivity contribution >= 4 is 18.1 Å². The van der Waals surface area contributed by atoms with Crippen LogP contribution in [0, 0.1) is 0 Å². The SMILES string of the molecule is CCCOc1ccc(C(=O)N/N=C\c2ccc(-c3cccc(C(=O)OC)c3)o2)cc1. The molecule has 3 aromatic rings. The number of ether oxygens (including phenoxy) is 2. The predicted molar refractivity (Wildman–Crippen MR) is 113 cm³/mol. The van der Waals surface area contributed by atoms with E-state index in [1.54, 1.807) is 54.6 Å². The summed E-state index contributed by atoms with van der Waals surface area (Å²) in [5, 5.41) is 3.93. The van der Waals surface area contributed by atoms with Gasteiger partial charge in [0.1, 0.15) is 17.3 Å². The number of furan rings is 1. The molecule has 7 nitrogen and oxygen atoms in total. The zero-order chi connectivity index (χ0) is 21.3. The van der Waals surface area contributed by atoms with Crippen LogP contribution in [0.3, 0.4) is 0 Å². The molecule has 1 amide bonds. The molecule has 3 rings (SSSR count). The summed E-state index contributed by atoms with van der Waals surface area (Å²) in [6.07, 6.45) is 2.33. The fraction of sp³-hybridized carbons (Fsp3) is 0.174. The summed E-state index contributed by atoms with van der Waals surface area (Å²) in [5.41, 5.74) is 4.09. The third-order valence-electron chi connectivity index (χ3n) is 4.14. The highest BCUT2D eigenvalue weighted by Crippen LogP contribution is 2.23. The van der Waals surface area contributed by atoms with Gasteiger partial charge in [0.2, 0.25) is 0 Å². The number of hydrogen-bond acceptors (Lipinski definition) is 6. The summed E-state index contributed by atoms with van der Waals surface area (Å²) in [6, 6.07) is 17.2. The van der Waals surface area contributed by atoms with Gasteiger partial charge in [-0.3, -0.25) is 4.79 Å². The van der Waals surface area contributed by atoms with Crippen molar-refractivity contribution in [1.29, 1.82) is 0 Å². The fourth-order valence-corrected chi connectivity index (χ4v) is 2.64. The number of rotatable bonds is 8. The smallest absolute Gasteiger partial charge is 0.337 e. The molecule has 154 valence electrons. The molecule has 0 bridgehead atoms. The van der Waals surface area contributed by atoms with E-state index in [0.29, 0.717) is 29.3 Å². The molecule has 0 atom stereocenters. The number of carbonyl (C=O) groups is 2. The van der Waals surface area contributed by atoms with Gasteiger partial charge in [-0.2, -0.15) is 5.10 Å². The van der Waals surface area contributed by atoms with Crippen LogP contribution in [-0.4, -0.2) is 31.8 Å². The Bertz CT molecular complexity index is 1040. The molecule has 0 saturated heterocycles. The number of carbonyl (C=O) groups excluding carboxylic acids is 2. The Morgan fingerprint density at radius 2 is 1.87 bits per heavy atom. The zero-order valence-electron chi connectivity index (χ0n) is 16.8. The van der Waals surface area contributed by atoms with Gasteiger partial charge in [0.15, 0.2) is 0 Å². The minimum atomic E-state index is -0.419. The first-order chi connectivity index (χ1) is 14.6. The Morgan fingerprint density at radius 1 is 1.07 bits per heavy atom. The van der Waals surface area contributed by atoms with Crippen LogP contribution < -0.4 is 10.2 Å². The van der Waals surface area contributed by atoms with Crippen molar-refractivity contribution in [3.8, 4) is 17.1 Å². The minimum Gasteiger partial charge on any atom is -0.494 e. The monoisotopic (exact) mass is 406 g/mol. The van der Waals surface area contributed by atoms with Crippen LogP contribution in [0.1, 0.15) is 39.8 Å². The quantitative estimate of drug-likeness (QED) is 0.342. The Hall–Kier alpha value is -3.87. The number of nitrogens with one attached hydrogen (secondary N) is 1. The molecular formula is C23H22N2O5. The molecule has 2 aromatic carbocycles. The molecule has 30 heavy (non-hydrogen) atoms. The van der Waals surface area contributed by atoms with Gasteiger partial charge >= 0.3 is 5.97 Å². The van der Waals surface area contributed by atoms with E-state index < -0.39 is 5.97 Å². The summed E-state index contributed by atoms with van der Waals surface area (Å²) in [7, 11) is 1.33. The lowest BCUT2D eigenvalue weighted by molar-refractivity contribution is 0.0600. The number of nitrogens with zero attached hydrogens (tertiary/aromatic N) is 1. The van der Waals surface area contributed by atoms with Crippen LogP contribution in [0.25, 0.3) is 11.3 Å². The van der Waals surface area contributed by atoms with E-state index >= 15 is 0 Å². The second kappa shape index (κ2) is 10.1. The van der Waals surface area contributed by atoms with Gasteiger partial charge < -0.3 is 13.9 Å². The highest BCUT2D eigenvalue weighted by Gasteiger charge is 2.09. The molecule has 1 N–H and O–H groups in total. The van der Waals surface area contributed by atoms with Crippen molar-refractivity contribution in [3.63, 3.8) is 0 Å². The Kier molecular flexibility index (Phi) is 7.00. The van der Waals surface area contributed by atoms with Crippen LogP contribution in [-0.2, 0) is 4.74 Å². The van der Waals surface area contributed by atoms with Crippen molar-refractivity contribution in [2.75, 3.05) is 13.7 Å². The Labute approximate surface area is 174 Å². The van der Waals surface area contributed by atoms with E-state index in [0.717, 1.165) is 17.7 Å². The first-order valence-corrected chi connectivity index (χ1v) is 9.45. The molecule has 0 aliphatic rings. The maximum Gasteiger partial charge on any atom is 0.337 e. The second-order valence-corrected chi connectivity index (χ2v) is 6.35. The normalized spacial score (nSPS) is 10.7. The summed E-state index contributed by atoms with van der Waals surface area (Å²) in [4.78, 5) is 23.8. The van der Waals surface area contributed by atoms with Crippen molar-refractivity contribution in [1.82, 2.24) is 5.43 Å². The fourth-order valence-electron chi connectivity index (χ4n) is 2.64. The van der Waals surface area contributed by atoms with Crippen LogP contribution in [0.2, 0.25) is 0 Å². The molecule has 7 heteroatoms. The number of hydrazone groups is 1. The van der Waals surface area contributed by atoms with Crippen LogP contribution >= 0.6 is 0 Å². The third-order valence-corrected chi connectivity index (χ3v) is 4.14. The van der Waals surface area contributed by atoms with E-state index in [9.17, 15) is 9.59 Å². The van der Waals surface area contributed by atoms with E-state index in [4.69, 9.17) is 13.9 Å². The van der Waals surface area contributed by atoms with Gasteiger partial charge in [-0.25, -0.2) is 10.2 Å². The average molecular weight is 406 g/mol. The molecule has 1 aromatic heterocycles. The predicted octanol–water partition coefficient (Wildman–Crippen LogP) is 4.29. The second-order valence-electron chi connectivity index (χ2n) is 6.35. The molecule has 0 radical (unpaired) electrons. The minimum absolute atomic E-state index is 0.342. The number of methoxy groups -OCH3 is 1. The molecule has 1 heterocycles. The molecule has 0 aliphatic carbocycles. The molecular weight excluding hydrogens is 384 g/mol. The highest BCUT2D eigenvalue weighted by atomic mass is 16.5. The maximum absolute atomic E-state index is 12.2. The largest absolute Gasteiger partial charge is 0.494 e. The first-order valence-electron chi connectivity index (χ1n) is 9.45. The number of benzene rings is 2. The van der Waals surface area contributed by atoms with Gasteiger partial charge in [-0.1, -0.05) is 19.1 Å². The van der Waals surface area contributed by atoms with Crippen molar-refractivity contribution in [2.24, 2.45) is 5.10 Å². The van der Waals surface area contributed by atoms with Crippen molar-refractivity contribution in [3.05, 3.63) is 77.6 Å². The van der Waals surface area contributed by atoms with Crippen molar-refractivity contribution in [2.45, 2.75) is 13.3 Å². The maximum atomic E-state index is 12.2. The number of esters is 1. The van der Waals surface area contributed by atoms with E-state index in [2.05, 4.69) is 10.5 Å². The average Bonchev–Trinajstić information content (AvgIpc) is 3.26. The van der Waals surface area contributed by atoms with E-state index in [1.807, 2.05) is 13.0 Å². The molecule has 0 spiro atoms. The standard InChI is InChI=1S/C23H22N2O5/c1-3-13-29-19-9-7-16(8-10-19)22(26)25-24-15-20-11-12-21(30-20)17-5-4-6-18(14-17)23(27)28-2/h4-12,14-15H,3,13H2,1-2H3,(H,25,26)/b24-15-. The number of hydrogen-bond donors (Lipinski definition) is 1. The first kappa shape index (κ1) is 20.9. The molecule has 0 fully saturated rings. The van der Waals surface area contributed by atoms with Gasteiger partial charge in [-0.05, 0) is 55.0 Å². The summed E-state index contributed by atoms with van der Waals surface area (Å²) in [6.45, 7) is 2.66. The van der Waals surface area contributed by atoms with Gasteiger partial charge in [-0.15, -0.1) is 0 Å². The number of amides is 1.